The standard InChI is InChI=1S/C22H28N4O3/c1-4-17-13-21(26(3)18-8-10-28-11-9-18)25-22(24-17)16-6-5-7-20(12-16)29-15-19(27)14-23-2/h1,5-7,12-13,18-19,23,27H,8-11,14-15H2,2-3H3. The summed E-state index contributed by atoms with van der Waals surface area (Å²) in [5, 5.41) is 12.8. The lowest BCUT2D eigenvalue weighted by Crippen LogP contribution is -2.37. The topological polar surface area (TPSA) is 79.7 Å². The summed E-state index contributed by atoms with van der Waals surface area (Å²) in [5.74, 6) is 4.62. The second-order valence-corrected chi connectivity index (χ2v) is 7.08. The molecule has 1 aromatic carbocycles. The molecule has 7 heteroatoms. The predicted molar refractivity (Wildman–Crippen MR) is 113 cm³/mol. The summed E-state index contributed by atoms with van der Waals surface area (Å²) in [5.41, 5.74) is 1.35. The Morgan fingerprint density at radius 2 is 2.14 bits per heavy atom. The molecule has 0 bridgehead atoms. The second kappa shape index (κ2) is 10.2. The lowest BCUT2D eigenvalue weighted by Gasteiger charge is -2.32. The van der Waals surface area contributed by atoms with Gasteiger partial charge in [-0.15, -0.1) is 6.42 Å². The van der Waals surface area contributed by atoms with Crippen molar-refractivity contribution in [3.63, 3.8) is 0 Å². The number of aromatic nitrogens is 2. The predicted octanol–water partition coefficient (Wildman–Crippen LogP) is 1.70. The van der Waals surface area contributed by atoms with E-state index in [2.05, 4.69) is 21.1 Å². The Labute approximate surface area is 172 Å². The monoisotopic (exact) mass is 396 g/mol. The summed E-state index contributed by atoms with van der Waals surface area (Å²) in [4.78, 5) is 11.4. The van der Waals surface area contributed by atoms with E-state index in [0.29, 0.717) is 29.9 Å². The van der Waals surface area contributed by atoms with Gasteiger partial charge in [0.25, 0.3) is 0 Å². The van der Waals surface area contributed by atoms with Crippen molar-refractivity contribution in [3.8, 4) is 29.5 Å². The van der Waals surface area contributed by atoms with Crippen molar-refractivity contribution in [2.75, 3.05) is 45.4 Å². The molecule has 0 saturated carbocycles. The largest absolute Gasteiger partial charge is 0.491 e. The summed E-state index contributed by atoms with van der Waals surface area (Å²) in [6.07, 6.45) is 6.98. The van der Waals surface area contributed by atoms with Crippen LogP contribution in [-0.4, -0.2) is 67.7 Å². The van der Waals surface area contributed by atoms with E-state index in [-0.39, 0.29) is 6.61 Å². The summed E-state index contributed by atoms with van der Waals surface area (Å²) >= 11 is 0. The van der Waals surface area contributed by atoms with Gasteiger partial charge in [-0.1, -0.05) is 18.1 Å². The van der Waals surface area contributed by atoms with E-state index in [1.165, 1.54) is 0 Å². The molecule has 2 N–H and O–H groups in total. The summed E-state index contributed by atoms with van der Waals surface area (Å²) in [6, 6.07) is 9.71. The number of aliphatic hydroxyl groups is 1. The number of aliphatic hydroxyl groups excluding tert-OH is 1. The molecule has 3 rings (SSSR count). The number of rotatable bonds is 8. The number of benzene rings is 1. The first-order chi connectivity index (χ1) is 14.1. The number of anilines is 1. The molecule has 0 amide bonds. The highest BCUT2D eigenvalue weighted by molar-refractivity contribution is 5.61. The molecular formula is C22H28N4O3. The van der Waals surface area contributed by atoms with Gasteiger partial charge in [0.05, 0.1) is 0 Å². The fourth-order valence-corrected chi connectivity index (χ4v) is 3.29. The highest BCUT2D eigenvalue weighted by atomic mass is 16.5. The third-order valence-electron chi connectivity index (χ3n) is 4.93. The first-order valence-electron chi connectivity index (χ1n) is 9.83. The minimum absolute atomic E-state index is 0.202. The molecule has 2 aromatic rings. The van der Waals surface area contributed by atoms with E-state index >= 15 is 0 Å². The van der Waals surface area contributed by atoms with Crippen molar-refractivity contribution in [1.29, 1.82) is 0 Å². The lowest BCUT2D eigenvalue weighted by molar-refractivity contribution is 0.0853. The Morgan fingerprint density at radius 1 is 1.34 bits per heavy atom. The van der Waals surface area contributed by atoms with E-state index in [1.807, 2.05) is 37.4 Å². The van der Waals surface area contributed by atoms with Gasteiger partial charge in [0.15, 0.2) is 5.82 Å². The van der Waals surface area contributed by atoms with Crippen LogP contribution in [0.3, 0.4) is 0 Å². The molecule has 0 aliphatic carbocycles. The second-order valence-electron chi connectivity index (χ2n) is 7.08. The van der Waals surface area contributed by atoms with Crippen LogP contribution in [0, 0.1) is 12.3 Å². The average Bonchev–Trinajstić information content (AvgIpc) is 2.78. The SMILES string of the molecule is C#Cc1cc(N(C)C2CCOCC2)nc(-c2cccc(OCC(O)CNC)c2)n1. The fourth-order valence-electron chi connectivity index (χ4n) is 3.29. The fraction of sp³-hybridized carbons (Fsp3) is 0.455. The van der Waals surface area contributed by atoms with Crippen molar-refractivity contribution in [2.45, 2.75) is 25.0 Å². The van der Waals surface area contributed by atoms with Crippen molar-refractivity contribution in [1.82, 2.24) is 15.3 Å². The van der Waals surface area contributed by atoms with Gasteiger partial charge in [-0.25, -0.2) is 9.97 Å². The molecule has 1 atom stereocenters. The molecule has 2 heterocycles. The van der Waals surface area contributed by atoms with Crippen molar-refractivity contribution < 1.29 is 14.6 Å². The molecule has 1 saturated heterocycles. The Hall–Kier alpha value is -2.66. The Kier molecular flexibility index (Phi) is 7.42. The van der Waals surface area contributed by atoms with Crippen LogP contribution < -0.4 is 15.0 Å². The maximum atomic E-state index is 9.84. The van der Waals surface area contributed by atoms with E-state index in [1.54, 1.807) is 7.05 Å². The van der Waals surface area contributed by atoms with Crippen molar-refractivity contribution in [3.05, 3.63) is 36.0 Å². The Morgan fingerprint density at radius 3 is 2.86 bits per heavy atom. The highest BCUT2D eigenvalue weighted by Gasteiger charge is 2.21. The average molecular weight is 396 g/mol. The molecule has 1 unspecified atom stereocenters. The zero-order valence-electron chi connectivity index (χ0n) is 17.0. The normalized spacial score (nSPS) is 15.5. The van der Waals surface area contributed by atoms with Gasteiger partial charge in [0.2, 0.25) is 0 Å². The number of likely N-dealkylation sites (N-methyl/N-ethyl adjacent to an activating group) is 1. The summed E-state index contributed by atoms with van der Waals surface area (Å²) < 4.78 is 11.2. The van der Waals surface area contributed by atoms with Crippen LogP contribution >= 0.6 is 0 Å². The van der Waals surface area contributed by atoms with E-state index in [4.69, 9.17) is 20.9 Å². The van der Waals surface area contributed by atoms with Crippen LogP contribution in [0.2, 0.25) is 0 Å². The maximum Gasteiger partial charge on any atom is 0.163 e. The zero-order valence-corrected chi connectivity index (χ0v) is 17.0. The Balaban J connectivity index is 1.82. The summed E-state index contributed by atoms with van der Waals surface area (Å²) in [6.45, 7) is 2.18. The van der Waals surface area contributed by atoms with Gasteiger partial charge >= 0.3 is 0 Å². The molecule has 1 aliphatic heterocycles. The maximum absolute atomic E-state index is 9.84. The molecular weight excluding hydrogens is 368 g/mol. The smallest absolute Gasteiger partial charge is 0.163 e. The van der Waals surface area contributed by atoms with Crippen LogP contribution in [0.15, 0.2) is 30.3 Å². The van der Waals surface area contributed by atoms with Gasteiger partial charge in [0.1, 0.15) is 30.0 Å². The number of nitrogens with zero attached hydrogens (tertiary/aromatic N) is 3. The third-order valence-corrected chi connectivity index (χ3v) is 4.93. The molecule has 0 radical (unpaired) electrons. The molecule has 29 heavy (non-hydrogen) atoms. The number of terminal acetylenes is 1. The van der Waals surface area contributed by atoms with E-state index < -0.39 is 6.10 Å². The molecule has 1 aliphatic rings. The van der Waals surface area contributed by atoms with Gasteiger partial charge in [-0.2, -0.15) is 0 Å². The lowest BCUT2D eigenvalue weighted by atomic mass is 10.1. The first kappa shape index (κ1) is 21.1. The van der Waals surface area contributed by atoms with Crippen LogP contribution in [0.4, 0.5) is 5.82 Å². The molecule has 154 valence electrons. The first-order valence-corrected chi connectivity index (χ1v) is 9.83. The highest BCUT2D eigenvalue weighted by Crippen LogP contribution is 2.26. The molecule has 7 nitrogen and oxygen atoms in total. The van der Waals surface area contributed by atoms with Crippen LogP contribution in [0.5, 0.6) is 5.75 Å². The number of hydrogen-bond acceptors (Lipinski definition) is 7. The van der Waals surface area contributed by atoms with Crippen LogP contribution in [0.1, 0.15) is 18.5 Å². The van der Waals surface area contributed by atoms with E-state index in [9.17, 15) is 5.11 Å². The van der Waals surface area contributed by atoms with Crippen molar-refractivity contribution >= 4 is 5.82 Å². The molecule has 1 fully saturated rings. The number of nitrogens with one attached hydrogen (secondary N) is 1. The quantitative estimate of drug-likeness (QED) is 0.658. The molecule has 0 spiro atoms. The Bertz CT molecular complexity index is 846. The minimum atomic E-state index is -0.579. The van der Waals surface area contributed by atoms with Gasteiger partial charge in [-0.05, 0) is 32.0 Å². The van der Waals surface area contributed by atoms with Gasteiger partial charge < -0.3 is 24.8 Å². The van der Waals surface area contributed by atoms with Crippen LogP contribution in [-0.2, 0) is 4.74 Å². The van der Waals surface area contributed by atoms with Crippen molar-refractivity contribution in [2.24, 2.45) is 0 Å². The van der Waals surface area contributed by atoms with E-state index in [0.717, 1.165) is 37.4 Å². The van der Waals surface area contributed by atoms with Crippen LogP contribution in [0.25, 0.3) is 11.4 Å². The number of hydrogen-bond donors (Lipinski definition) is 2. The summed E-state index contributed by atoms with van der Waals surface area (Å²) in [7, 11) is 3.82. The third kappa shape index (κ3) is 5.67. The minimum Gasteiger partial charge on any atom is -0.491 e. The number of ether oxygens (including phenoxy) is 2. The zero-order chi connectivity index (χ0) is 20.6. The molecule has 1 aromatic heterocycles. The van der Waals surface area contributed by atoms with Gasteiger partial charge in [0, 0.05) is 44.5 Å². The van der Waals surface area contributed by atoms with Gasteiger partial charge in [-0.3, -0.25) is 0 Å².